The number of halogens is 1. The van der Waals surface area contributed by atoms with Crippen LogP contribution in [-0.2, 0) is 44.4 Å². The molecule has 1 amide bonds. The van der Waals surface area contributed by atoms with E-state index in [2.05, 4.69) is 10.3 Å². The van der Waals surface area contributed by atoms with Crippen molar-refractivity contribution in [2.45, 2.75) is 210 Å². The summed E-state index contributed by atoms with van der Waals surface area (Å²) in [4.78, 5) is 32.7. The van der Waals surface area contributed by atoms with Crippen molar-refractivity contribution in [3.05, 3.63) is 41.7 Å². The second kappa shape index (κ2) is 25.3. The number of hydrogen-bond donors (Lipinski definition) is 5. The smallest absolute Gasteiger partial charge is 0.309 e. The molecule has 0 bridgehead atoms. The van der Waals surface area contributed by atoms with Gasteiger partial charge in [-0.25, -0.2) is 9.07 Å². The number of cyclic esters (lactones) is 1. The molecule has 2 aromatic rings. The molecular formula is C55H91FN6O13. The topological polar surface area (TPSA) is 231 Å². The molecule has 20 heteroatoms. The third-order valence-corrected chi connectivity index (χ3v) is 17.4. The molecule has 0 saturated carbocycles. The molecule has 4 aliphatic rings. The number of anilines is 1. The summed E-state index contributed by atoms with van der Waals surface area (Å²) in [5.41, 5.74) is -2.41. The molecule has 0 spiro atoms. The first kappa shape index (κ1) is 61.0. The van der Waals surface area contributed by atoms with E-state index in [1.165, 1.54) is 25.8 Å². The van der Waals surface area contributed by atoms with Gasteiger partial charge in [-0.05, 0) is 111 Å². The van der Waals surface area contributed by atoms with Gasteiger partial charge in [0.1, 0.15) is 48.8 Å². The van der Waals surface area contributed by atoms with E-state index in [9.17, 15) is 39.5 Å². The third kappa shape index (κ3) is 13.4. The molecule has 20 atom stereocenters. The number of aromatic nitrogens is 3. The predicted octanol–water partition coefficient (Wildman–Crippen LogP) is 4.40. The van der Waals surface area contributed by atoms with Gasteiger partial charge in [0, 0.05) is 83.0 Å². The molecule has 0 radical (unpaired) electrons. The molecule has 75 heavy (non-hydrogen) atoms. The largest absolute Gasteiger partial charge is 0.459 e. The van der Waals surface area contributed by atoms with Crippen molar-refractivity contribution in [1.29, 1.82) is 0 Å². The fraction of sp³-hybridized carbons (Fsp3) is 0.818. The van der Waals surface area contributed by atoms with Crippen molar-refractivity contribution in [2.24, 2.45) is 23.7 Å². The number of carbonyl (C=O) groups excluding carboxylic acids is 2. The molecule has 1 aromatic carbocycles. The summed E-state index contributed by atoms with van der Waals surface area (Å²) in [5.74, 6) is -3.20. The molecule has 19 nitrogen and oxygen atoms in total. The SMILES string of the molecule is CC[C@H]1OC(=O)[C@H](C)[C@@H](C2C[C@@](C)(OC)[C@@H](O)[C@H](C)O2)[C@H](C)[C@@H](O[C@@H]2O[C@H](C)C[C@H](N(C)CCc3cn([C@H](CF)[C@H](OC)c4ccc(N5CCCC5=O)cc4)nn3)[C@H]2O)[C@](C)(O)C[C@@H](C)CN(C)[C@H](C)[C@@H](O)[C@]1(C)O. The highest BCUT2D eigenvalue weighted by atomic mass is 19.1. The van der Waals surface area contributed by atoms with Crippen LogP contribution >= 0.6 is 0 Å². The summed E-state index contributed by atoms with van der Waals surface area (Å²) in [6, 6.07) is 5.52. The Hall–Kier alpha value is -3.25. The van der Waals surface area contributed by atoms with Crippen molar-refractivity contribution in [3.8, 4) is 0 Å². The van der Waals surface area contributed by atoms with Gasteiger partial charge in [-0.15, -0.1) is 5.10 Å². The number of carbonyl (C=O) groups is 2. The number of likely N-dealkylation sites (N-methyl/N-ethyl adjacent to an activating group) is 2. The maximum absolute atomic E-state index is 14.9. The summed E-state index contributed by atoms with van der Waals surface area (Å²) in [6.45, 7) is 18.5. The van der Waals surface area contributed by atoms with Gasteiger partial charge in [-0.3, -0.25) is 9.59 Å². The van der Waals surface area contributed by atoms with Crippen LogP contribution in [0.3, 0.4) is 0 Å². The fourth-order valence-corrected chi connectivity index (χ4v) is 12.8. The number of methoxy groups -OCH3 is 2. The summed E-state index contributed by atoms with van der Waals surface area (Å²) >= 11 is 0. The number of alkyl halides is 1. The lowest BCUT2D eigenvalue weighted by molar-refractivity contribution is -0.302. The van der Waals surface area contributed by atoms with Crippen molar-refractivity contribution in [3.63, 3.8) is 0 Å². The van der Waals surface area contributed by atoms with Crippen molar-refractivity contribution < 1.29 is 67.9 Å². The van der Waals surface area contributed by atoms with Crippen molar-refractivity contribution in [2.75, 3.05) is 59.5 Å². The quantitative estimate of drug-likeness (QED) is 0.156. The molecule has 4 fully saturated rings. The summed E-state index contributed by atoms with van der Waals surface area (Å²) in [7, 11) is 6.77. The standard InChI is InChI=1S/C55H91FN6O13/c1-15-43-55(10,69)48(65)35(6)60(12)29-31(2)26-53(8,68)50(33(4)45(34(5)51(67)74-43)42-27-54(9,71-14)49(66)36(7)73-42)75-52-46(64)40(25-32(3)72-52)59(11)24-22-38-30-62(58-57-38)41(28-56)47(70-13)37-18-20-39(21-19-37)61-23-16-17-44(61)63/h18-21,30-36,40-43,45-50,52,64-66,68-69H,15-17,22-29H2,1-14H3/t31-,32-,33+,34-,35-,36+,40+,41-,42?,43-,45+,46-,47-,48-,49+,50-,52+,53-,54-,55-/m1/s1. The number of aliphatic hydroxyl groups is 5. The first-order valence-electron chi connectivity index (χ1n) is 27.2. The lowest BCUT2D eigenvalue weighted by Crippen LogP contribution is -2.62. The highest BCUT2D eigenvalue weighted by molar-refractivity contribution is 5.95. The number of ether oxygens (including phenoxy) is 6. The molecule has 1 aromatic heterocycles. The van der Waals surface area contributed by atoms with Crippen LogP contribution in [0.15, 0.2) is 30.5 Å². The van der Waals surface area contributed by atoms with E-state index in [1.54, 1.807) is 52.6 Å². The monoisotopic (exact) mass is 1060 g/mol. The number of aliphatic hydroxyl groups excluding tert-OH is 3. The van der Waals surface area contributed by atoms with Crippen molar-refractivity contribution in [1.82, 2.24) is 24.8 Å². The molecule has 5 heterocycles. The van der Waals surface area contributed by atoms with Crippen LogP contribution in [0.25, 0.3) is 0 Å². The molecule has 0 aliphatic carbocycles. The number of benzene rings is 1. The van der Waals surface area contributed by atoms with Gasteiger partial charge in [-0.1, -0.05) is 45.0 Å². The molecule has 4 aliphatic heterocycles. The zero-order valence-corrected chi connectivity index (χ0v) is 47.0. The first-order chi connectivity index (χ1) is 35.2. The average Bonchev–Trinajstić information content (AvgIpc) is 4.03. The highest BCUT2D eigenvalue weighted by Gasteiger charge is 2.55. The average molecular weight is 1060 g/mol. The maximum atomic E-state index is 14.9. The second-order valence-electron chi connectivity index (χ2n) is 23.3. The minimum Gasteiger partial charge on any atom is -0.459 e. The lowest BCUT2D eigenvalue weighted by Gasteiger charge is -2.51. The van der Waals surface area contributed by atoms with Crippen LogP contribution in [0, 0.1) is 23.7 Å². The normalized spacial score (nSPS) is 40.0. The molecule has 4 saturated heterocycles. The Morgan fingerprint density at radius 3 is 2.25 bits per heavy atom. The summed E-state index contributed by atoms with van der Waals surface area (Å²) < 4.78 is 54.4. The van der Waals surface area contributed by atoms with Gasteiger partial charge in [-0.2, -0.15) is 0 Å². The highest BCUT2D eigenvalue weighted by Crippen LogP contribution is 2.45. The van der Waals surface area contributed by atoms with Crippen LogP contribution in [0.1, 0.15) is 131 Å². The fourth-order valence-electron chi connectivity index (χ4n) is 12.8. The van der Waals surface area contributed by atoms with E-state index in [0.29, 0.717) is 44.6 Å². The van der Waals surface area contributed by atoms with E-state index in [1.807, 2.05) is 68.9 Å². The Labute approximate surface area is 444 Å². The van der Waals surface area contributed by atoms with Crippen LogP contribution < -0.4 is 4.90 Å². The van der Waals surface area contributed by atoms with Crippen LogP contribution in [-0.4, -0.2) is 201 Å². The molecule has 6 rings (SSSR count). The zero-order chi connectivity index (χ0) is 55.5. The Bertz CT molecular complexity index is 2150. The summed E-state index contributed by atoms with van der Waals surface area (Å²) in [5, 5.41) is 69.0. The number of hydrogen-bond acceptors (Lipinski definition) is 17. The van der Waals surface area contributed by atoms with Crippen LogP contribution in [0.5, 0.6) is 0 Å². The van der Waals surface area contributed by atoms with E-state index < -0.39 is 127 Å². The van der Waals surface area contributed by atoms with Gasteiger partial charge in [0.15, 0.2) is 6.29 Å². The van der Waals surface area contributed by atoms with Gasteiger partial charge in [0.2, 0.25) is 5.91 Å². The maximum Gasteiger partial charge on any atom is 0.309 e. The minimum atomic E-state index is -1.83. The van der Waals surface area contributed by atoms with Gasteiger partial charge >= 0.3 is 5.97 Å². The van der Waals surface area contributed by atoms with Crippen LogP contribution in [0.2, 0.25) is 0 Å². The zero-order valence-electron chi connectivity index (χ0n) is 47.0. The van der Waals surface area contributed by atoms with Gasteiger partial charge in [0.25, 0.3) is 0 Å². The lowest BCUT2D eigenvalue weighted by atomic mass is 9.68. The van der Waals surface area contributed by atoms with Gasteiger partial charge < -0.3 is 68.7 Å². The number of esters is 1. The van der Waals surface area contributed by atoms with Crippen LogP contribution in [0.4, 0.5) is 10.1 Å². The van der Waals surface area contributed by atoms with Gasteiger partial charge in [0.05, 0.1) is 47.2 Å². The van der Waals surface area contributed by atoms with E-state index in [4.69, 9.17) is 28.4 Å². The number of amides is 1. The Morgan fingerprint density at radius 2 is 1.65 bits per heavy atom. The van der Waals surface area contributed by atoms with E-state index in [-0.39, 0.29) is 31.1 Å². The summed E-state index contributed by atoms with van der Waals surface area (Å²) in [6.07, 6.45) is -5.04. The predicted molar refractivity (Wildman–Crippen MR) is 278 cm³/mol. The number of nitrogens with zero attached hydrogens (tertiary/aromatic N) is 6. The number of rotatable bonds is 15. The molecular weight excluding hydrogens is 972 g/mol. The molecule has 1 unspecified atom stereocenters. The van der Waals surface area contributed by atoms with E-state index in [0.717, 1.165) is 17.7 Å². The van der Waals surface area contributed by atoms with E-state index >= 15 is 0 Å². The third-order valence-electron chi connectivity index (χ3n) is 17.4. The minimum absolute atomic E-state index is 0.0810. The molecule has 5 N–H and O–H groups in total. The first-order valence-corrected chi connectivity index (χ1v) is 27.2. The Morgan fingerprint density at radius 1 is 0.973 bits per heavy atom. The second-order valence-corrected chi connectivity index (χ2v) is 23.3. The Kier molecular flexibility index (Phi) is 20.5. The molecule has 426 valence electrons. The Balaban J connectivity index is 1.26. The van der Waals surface area contributed by atoms with Crippen molar-refractivity contribution >= 4 is 17.6 Å².